The monoisotopic (exact) mass is 646 g/mol. The Bertz CT molecular complexity index is 1370. The Morgan fingerprint density at radius 1 is 0.892 bits per heavy atom. The molecule has 2 heterocycles. The van der Waals surface area contributed by atoms with Gasteiger partial charge in [0.1, 0.15) is 0 Å². The second kappa shape index (κ2) is 11.5. The number of aryl methyl sites for hydroxylation is 1. The van der Waals surface area contributed by atoms with Gasteiger partial charge >= 0.3 is 0 Å². The molecular weight excluding hydrogens is 615 g/mol. The molecule has 1 unspecified atom stereocenters. The fourth-order valence-electron chi connectivity index (χ4n) is 5.61. The number of hydrogen-bond acceptors (Lipinski definition) is 5. The van der Waals surface area contributed by atoms with Gasteiger partial charge in [0, 0.05) is 45.8 Å². The van der Waals surface area contributed by atoms with Crippen LogP contribution in [0.3, 0.4) is 0 Å². The van der Waals surface area contributed by atoms with Gasteiger partial charge in [-0.05, 0) is 52.1 Å². The highest BCUT2D eigenvalue weighted by Gasteiger charge is 2.49. The predicted molar refractivity (Wildman–Crippen MR) is 159 cm³/mol. The Morgan fingerprint density at radius 3 is 2.08 bits per heavy atom. The van der Waals surface area contributed by atoms with Crippen LogP contribution in [0.1, 0.15) is 48.5 Å². The maximum Gasteiger partial charge on any atom is 0.244 e. The summed E-state index contributed by atoms with van der Waals surface area (Å²) in [5.74, 6) is 0.930. The quantitative estimate of drug-likeness (QED) is 0.200. The van der Waals surface area contributed by atoms with E-state index in [4.69, 9.17) is 4.74 Å². The van der Waals surface area contributed by atoms with Crippen LogP contribution in [0.15, 0.2) is 101 Å². The summed E-state index contributed by atoms with van der Waals surface area (Å²) in [6.07, 6.45) is 1.17. The SMILES string of the molecule is CCOC1=C2CN(SI)[C@H](c3ccccc3)CC2N(S(=O)(=O)c2ccccc2C)[C@H](c2ccccc2)C1. The average molecular weight is 647 g/mol. The lowest BCUT2D eigenvalue weighted by Gasteiger charge is -2.49. The summed E-state index contributed by atoms with van der Waals surface area (Å²) < 4.78 is 39.5. The van der Waals surface area contributed by atoms with Gasteiger partial charge in [-0.15, -0.1) is 0 Å². The Labute approximate surface area is 236 Å². The Kier molecular flexibility index (Phi) is 8.31. The second-order valence-corrected chi connectivity index (χ2v) is 13.0. The molecule has 0 saturated carbocycles. The molecule has 8 heteroatoms. The molecule has 0 aliphatic carbocycles. The molecule has 3 aromatic rings. The Balaban J connectivity index is 1.70. The summed E-state index contributed by atoms with van der Waals surface area (Å²) in [5.41, 5.74) is 4.01. The first-order valence-corrected chi connectivity index (χ1v) is 17.3. The Hall–Kier alpha value is -1.85. The zero-order valence-corrected chi connectivity index (χ0v) is 24.7. The van der Waals surface area contributed by atoms with Gasteiger partial charge in [-0.1, -0.05) is 78.9 Å². The predicted octanol–water partition coefficient (Wildman–Crippen LogP) is 7.24. The average Bonchev–Trinajstić information content (AvgIpc) is 2.93. The standard InChI is InChI=1S/C29H31IN2O3S2/c1-3-35-28-19-26(23-15-8-5-9-16-23)32(37(33,34)29-17-11-10-12-21(29)2)27-18-25(22-13-6-4-7-14-22)31(36-30)20-24(27)28/h4-17,25-27H,3,18-20H2,1-2H3/t25-,26-,27?/m0/s1. The van der Waals surface area contributed by atoms with Gasteiger partial charge in [-0.2, -0.15) is 4.31 Å². The molecule has 194 valence electrons. The van der Waals surface area contributed by atoms with Crippen LogP contribution in [-0.4, -0.2) is 36.2 Å². The van der Waals surface area contributed by atoms with Crippen molar-refractivity contribution in [2.45, 2.75) is 49.7 Å². The van der Waals surface area contributed by atoms with Crippen LogP contribution >= 0.6 is 30.3 Å². The van der Waals surface area contributed by atoms with Crippen LogP contribution in [0.4, 0.5) is 0 Å². The first-order valence-electron chi connectivity index (χ1n) is 12.5. The van der Waals surface area contributed by atoms with Gasteiger partial charge < -0.3 is 4.74 Å². The molecule has 0 spiro atoms. The molecule has 0 radical (unpaired) electrons. The fraction of sp³-hybridized carbons (Fsp3) is 0.310. The van der Waals surface area contributed by atoms with E-state index in [0.717, 1.165) is 22.5 Å². The smallest absolute Gasteiger partial charge is 0.244 e. The molecule has 1 saturated heterocycles. The van der Waals surface area contributed by atoms with Crippen molar-refractivity contribution in [2.75, 3.05) is 13.2 Å². The van der Waals surface area contributed by atoms with Crippen molar-refractivity contribution in [1.82, 2.24) is 8.61 Å². The van der Waals surface area contributed by atoms with Crippen LogP contribution in [0, 0.1) is 6.92 Å². The van der Waals surface area contributed by atoms with Gasteiger partial charge in [0.05, 0.1) is 29.3 Å². The van der Waals surface area contributed by atoms with Gasteiger partial charge in [-0.25, -0.2) is 12.7 Å². The van der Waals surface area contributed by atoms with Crippen LogP contribution < -0.4 is 0 Å². The molecule has 5 rings (SSSR count). The van der Waals surface area contributed by atoms with Gasteiger partial charge in [0.2, 0.25) is 10.0 Å². The van der Waals surface area contributed by atoms with E-state index in [-0.39, 0.29) is 18.1 Å². The molecule has 0 aromatic heterocycles. The molecule has 3 atom stereocenters. The number of rotatable bonds is 7. The number of ether oxygens (including phenoxy) is 1. The van der Waals surface area contributed by atoms with Crippen molar-refractivity contribution < 1.29 is 13.2 Å². The highest BCUT2D eigenvalue weighted by atomic mass is 127. The molecule has 2 aliphatic heterocycles. The first-order chi connectivity index (χ1) is 18.0. The minimum absolute atomic E-state index is 0.0730. The number of piperidine rings is 1. The van der Waals surface area contributed by atoms with E-state index in [1.807, 2.05) is 68.4 Å². The molecule has 5 nitrogen and oxygen atoms in total. The maximum atomic E-state index is 14.5. The van der Waals surface area contributed by atoms with Crippen LogP contribution in [0.5, 0.6) is 0 Å². The Morgan fingerprint density at radius 2 is 1.49 bits per heavy atom. The van der Waals surface area contributed by atoms with Crippen molar-refractivity contribution in [1.29, 1.82) is 0 Å². The van der Waals surface area contributed by atoms with E-state index >= 15 is 0 Å². The molecule has 37 heavy (non-hydrogen) atoms. The van der Waals surface area contributed by atoms with Gasteiger partial charge in [0.15, 0.2) is 0 Å². The first kappa shape index (κ1) is 26.7. The molecular formula is C29H31IN2O3S2. The fourth-order valence-corrected chi connectivity index (χ4v) is 9.38. The summed E-state index contributed by atoms with van der Waals surface area (Å²) in [5, 5.41) is 0. The van der Waals surface area contributed by atoms with E-state index in [1.165, 1.54) is 5.56 Å². The zero-order valence-electron chi connectivity index (χ0n) is 21.0. The minimum Gasteiger partial charge on any atom is -0.498 e. The number of sulfonamides is 1. The lowest BCUT2D eigenvalue weighted by atomic mass is 9.84. The van der Waals surface area contributed by atoms with Gasteiger partial charge in [-0.3, -0.25) is 0 Å². The summed E-state index contributed by atoms with van der Waals surface area (Å²) in [7, 11) is -2.14. The van der Waals surface area contributed by atoms with Crippen LogP contribution in [0.25, 0.3) is 0 Å². The summed E-state index contributed by atoms with van der Waals surface area (Å²) in [4.78, 5) is 0.372. The molecule has 3 aromatic carbocycles. The van der Waals surface area contributed by atoms with E-state index in [0.29, 0.717) is 30.9 Å². The number of nitrogens with zero attached hydrogens (tertiary/aromatic N) is 2. The summed E-state index contributed by atoms with van der Waals surface area (Å²) in [6.45, 7) is 5.07. The molecule has 0 N–H and O–H groups in total. The topological polar surface area (TPSA) is 49.9 Å². The number of halogens is 1. The third kappa shape index (κ3) is 5.23. The number of benzene rings is 3. The summed E-state index contributed by atoms with van der Waals surface area (Å²) in [6, 6.07) is 27.1. The van der Waals surface area contributed by atoms with E-state index in [9.17, 15) is 8.42 Å². The normalized spacial score (nSPS) is 23.1. The third-order valence-corrected chi connectivity index (χ3v) is 11.5. The number of fused-ring (bicyclic) bond motifs is 1. The largest absolute Gasteiger partial charge is 0.498 e. The molecule has 2 aliphatic rings. The van der Waals surface area contributed by atoms with Crippen molar-refractivity contribution in [3.63, 3.8) is 0 Å². The van der Waals surface area contributed by atoms with E-state index < -0.39 is 10.0 Å². The van der Waals surface area contributed by atoms with E-state index in [1.54, 1.807) is 19.5 Å². The van der Waals surface area contributed by atoms with Crippen LogP contribution in [-0.2, 0) is 14.8 Å². The number of hydrogen-bond donors (Lipinski definition) is 0. The highest BCUT2D eigenvalue weighted by Crippen LogP contribution is 2.50. The summed E-state index contributed by atoms with van der Waals surface area (Å²) >= 11 is 2.34. The molecule has 1 fully saturated rings. The van der Waals surface area contributed by atoms with Crippen molar-refractivity contribution in [2.24, 2.45) is 0 Å². The lowest BCUT2D eigenvalue weighted by Crippen LogP contribution is -2.52. The van der Waals surface area contributed by atoms with E-state index in [2.05, 4.69) is 49.8 Å². The van der Waals surface area contributed by atoms with Crippen molar-refractivity contribution >= 4 is 40.3 Å². The van der Waals surface area contributed by atoms with Crippen molar-refractivity contribution in [3.8, 4) is 0 Å². The second-order valence-electron chi connectivity index (χ2n) is 9.43. The molecule has 0 bridgehead atoms. The zero-order chi connectivity index (χ0) is 26.0. The minimum atomic E-state index is -3.81. The maximum absolute atomic E-state index is 14.5. The van der Waals surface area contributed by atoms with Gasteiger partial charge in [0.25, 0.3) is 0 Å². The molecule has 0 amide bonds. The highest BCUT2D eigenvalue weighted by molar-refractivity contribution is 14.2. The van der Waals surface area contributed by atoms with Crippen molar-refractivity contribution in [3.05, 3.63) is 113 Å². The lowest BCUT2D eigenvalue weighted by molar-refractivity contribution is 0.121. The third-order valence-electron chi connectivity index (χ3n) is 7.30. The van der Waals surface area contributed by atoms with Crippen LogP contribution in [0.2, 0.25) is 0 Å².